The van der Waals surface area contributed by atoms with Crippen LogP contribution in [0.5, 0.6) is 0 Å². The Kier molecular flexibility index (Phi) is 7.80. The Hall–Kier alpha value is 0.951. The van der Waals surface area contributed by atoms with Crippen molar-refractivity contribution >= 4 is 8.24 Å². The summed E-state index contributed by atoms with van der Waals surface area (Å²) in [4.78, 5) is 0. The molecule has 0 aromatic carbocycles. The van der Waals surface area contributed by atoms with E-state index >= 15 is 0 Å². The average Bonchev–Trinajstić information content (AvgIpc) is 2.35. The molecule has 0 radical (unpaired) electrons. The molecule has 1 aliphatic carbocycles. The molecule has 1 unspecified atom stereocenters. The third kappa shape index (κ3) is 2.70. The molecule has 1 atom stereocenters. The summed E-state index contributed by atoms with van der Waals surface area (Å²) >= 11 is 2.33. The zero-order valence-electron chi connectivity index (χ0n) is 12.7. The van der Waals surface area contributed by atoms with Gasteiger partial charge in [0.05, 0.1) is 0 Å². The van der Waals surface area contributed by atoms with Crippen LogP contribution in [0.4, 0.5) is 0 Å². The van der Waals surface area contributed by atoms with Gasteiger partial charge in [0.15, 0.2) is 0 Å². The molecule has 0 fully saturated rings. The molecular formula is C13H24Cl2NSiTi. The molecule has 1 rings (SSSR count). The Morgan fingerprint density at radius 2 is 1.39 bits per heavy atom. The number of hydrogen-bond acceptors (Lipinski definition) is 1. The van der Waals surface area contributed by atoms with Gasteiger partial charge in [-0.05, 0) is 0 Å². The van der Waals surface area contributed by atoms with Crippen LogP contribution in [-0.2, 0) is 20.4 Å². The van der Waals surface area contributed by atoms with Crippen LogP contribution in [0.1, 0.15) is 27.7 Å². The van der Waals surface area contributed by atoms with E-state index in [1.807, 2.05) is 0 Å². The molecule has 0 saturated heterocycles. The fourth-order valence-electron chi connectivity index (χ4n) is 2.62. The minimum absolute atomic E-state index is 0. The van der Waals surface area contributed by atoms with Crippen molar-refractivity contribution in [2.75, 3.05) is 14.1 Å². The zero-order chi connectivity index (χ0) is 12.9. The molecule has 0 saturated carbocycles. The summed E-state index contributed by atoms with van der Waals surface area (Å²) in [6.45, 7) is 14.3. The maximum atomic E-state index is 2.48. The normalized spacial score (nSPS) is 24.4. The van der Waals surface area contributed by atoms with Gasteiger partial charge < -0.3 is 24.8 Å². The fourth-order valence-corrected chi connectivity index (χ4v) is 7.44. The van der Waals surface area contributed by atoms with Gasteiger partial charge in [-0.25, -0.2) is 0 Å². The van der Waals surface area contributed by atoms with Gasteiger partial charge >= 0.3 is 114 Å². The first kappa shape index (κ1) is 21.3. The molecule has 1 nitrogen and oxygen atoms in total. The van der Waals surface area contributed by atoms with Crippen molar-refractivity contribution in [3.8, 4) is 0 Å². The second-order valence-corrected chi connectivity index (χ2v) is 11.6. The van der Waals surface area contributed by atoms with Crippen LogP contribution >= 0.6 is 0 Å². The third-order valence-electron chi connectivity index (χ3n) is 5.09. The van der Waals surface area contributed by atoms with Crippen molar-refractivity contribution in [3.63, 3.8) is 0 Å². The summed E-state index contributed by atoms with van der Waals surface area (Å²) in [5.41, 5.74) is 4.62. The van der Waals surface area contributed by atoms with Crippen molar-refractivity contribution < 1.29 is 45.2 Å². The molecule has 0 aromatic heterocycles. The molecule has 1 aliphatic rings. The van der Waals surface area contributed by atoms with E-state index in [2.05, 4.69) is 79.9 Å². The smallest absolute Gasteiger partial charge is 1.00 e. The van der Waals surface area contributed by atoms with E-state index in [1.54, 1.807) is 9.45 Å². The number of halogens is 2. The van der Waals surface area contributed by atoms with Crippen LogP contribution in [0.2, 0.25) is 18.1 Å². The van der Waals surface area contributed by atoms with Gasteiger partial charge in [0.1, 0.15) is 0 Å². The summed E-state index contributed by atoms with van der Waals surface area (Å²) in [6.07, 6.45) is 0. The fraction of sp³-hybridized carbons (Fsp3) is 0.692. The van der Waals surface area contributed by atoms with Gasteiger partial charge in [-0.2, -0.15) is 0 Å². The summed E-state index contributed by atoms with van der Waals surface area (Å²) in [7, 11) is 3.01. The minimum Gasteiger partial charge on any atom is -1.00 e. The average molecular weight is 341 g/mol. The quantitative estimate of drug-likeness (QED) is 0.511. The van der Waals surface area contributed by atoms with Crippen LogP contribution in [0.25, 0.3) is 0 Å². The monoisotopic (exact) mass is 340 g/mol. The van der Waals surface area contributed by atoms with E-state index in [0.717, 1.165) is 0 Å². The van der Waals surface area contributed by atoms with Crippen molar-refractivity contribution in [1.82, 2.24) is 4.57 Å². The van der Waals surface area contributed by atoms with Gasteiger partial charge in [-0.15, -0.1) is 0 Å². The first-order valence-electron chi connectivity index (χ1n) is 5.87. The van der Waals surface area contributed by atoms with Crippen LogP contribution in [0.3, 0.4) is 0 Å². The van der Waals surface area contributed by atoms with Gasteiger partial charge in [0, 0.05) is 0 Å². The molecule has 5 heteroatoms. The predicted molar refractivity (Wildman–Crippen MR) is 70.6 cm³/mol. The largest absolute Gasteiger partial charge is 1.00 e. The summed E-state index contributed by atoms with van der Waals surface area (Å²) < 4.78 is 4.07. The van der Waals surface area contributed by atoms with Crippen LogP contribution in [0, 0.1) is 0 Å². The molecule has 0 aromatic rings. The van der Waals surface area contributed by atoms with Gasteiger partial charge in [-0.3, -0.25) is 0 Å². The number of nitrogens with zero attached hydrogens (tertiary/aromatic N) is 1. The van der Waals surface area contributed by atoms with E-state index < -0.39 is 8.24 Å². The number of hydrogen-bond donors (Lipinski definition) is 0. The number of rotatable bonds is 2. The molecule has 0 aliphatic heterocycles. The van der Waals surface area contributed by atoms with Crippen molar-refractivity contribution in [3.05, 3.63) is 20.6 Å². The molecule has 0 bridgehead atoms. The van der Waals surface area contributed by atoms with Crippen molar-refractivity contribution in [2.24, 2.45) is 0 Å². The first-order valence-corrected chi connectivity index (χ1v) is 9.60. The molecule has 0 spiro atoms. The van der Waals surface area contributed by atoms with Crippen LogP contribution in [0.15, 0.2) is 20.6 Å². The van der Waals surface area contributed by atoms with Crippen molar-refractivity contribution in [1.29, 1.82) is 0 Å². The Labute approximate surface area is 138 Å². The predicted octanol–water partition coefficient (Wildman–Crippen LogP) is -2.31. The Bertz CT molecular complexity index is 362. The summed E-state index contributed by atoms with van der Waals surface area (Å²) in [6, 6.07) is 0. The SMILES string of the molecule is CC1=C(C)C(C)([Si](C)(C)N(C)C)[C]([Ti+2])=C1C.[Cl-].[Cl-]. The van der Waals surface area contributed by atoms with Crippen LogP contribution in [-0.4, -0.2) is 26.9 Å². The van der Waals surface area contributed by atoms with Crippen LogP contribution < -0.4 is 24.8 Å². The summed E-state index contributed by atoms with van der Waals surface area (Å²) in [5.74, 6) is 0. The minimum atomic E-state index is -1.46. The molecule has 0 N–H and O–H groups in total. The van der Waals surface area contributed by atoms with E-state index in [9.17, 15) is 0 Å². The van der Waals surface area contributed by atoms with E-state index in [0.29, 0.717) is 5.04 Å². The third-order valence-corrected chi connectivity index (χ3v) is 12.2. The maximum Gasteiger partial charge on any atom is -1.00 e. The van der Waals surface area contributed by atoms with E-state index in [-0.39, 0.29) is 24.8 Å². The molecule has 0 heterocycles. The van der Waals surface area contributed by atoms with Gasteiger partial charge in [-0.1, -0.05) is 0 Å². The van der Waals surface area contributed by atoms with Crippen molar-refractivity contribution in [2.45, 2.75) is 45.8 Å². The van der Waals surface area contributed by atoms with E-state index in [4.69, 9.17) is 0 Å². The Morgan fingerprint density at radius 3 is 1.61 bits per heavy atom. The Morgan fingerprint density at radius 1 is 1.00 bits per heavy atom. The Balaban J connectivity index is 0. The van der Waals surface area contributed by atoms with Gasteiger partial charge in [0.2, 0.25) is 0 Å². The molecule has 103 valence electrons. The molecule has 18 heavy (non-hydrogen) atoms. The molecule has 0 amide bonds. The molecular weight excluding hydrogens is 317 g/mol. The topological polar surface area (TPSA) is 3.24 Å². The van der Waals surface area contributed by atoms with E-state index in [1.165, 1.54) is 11.1 Å². The summed E-state index contributed by atoms with van der Waals surface area (Å²) in [5, 5.41) is 0.296. The van der Waals surface area contributed by atoms with Gasteiger partial charge in [0.25, 0.3) is 0 Å². The second-order valence-electron chi connectivity index (χ2n) is 5.83. The second kappa shape index (κ2) is 6.60. The zero-order valence-corrected chi connectivity index (χ0v) is 16.8. The number of allylic oxidation sites excluding steroid dienone is 4. The maximum absolute atomic E-state index is 2.48. The first-order chi connectivity index (χ1) is 7.08. The standard InChI is InChI=1S/C13H24NSi.2ClH.Ti/c1-10-9-13(4,12(3)11(10)2)15(7,8)14(5)6;;;/h1-8H3;2*1H;/q;;;+2/p-2.